The van der Waals surface area contributed by atoms with Crippen LogP contribution in [0, 0.1) is 13.8 Å². The van der Waals surface area contributed by atoms with E-state index in [1.54, 1.807) is 0 Å². The minimum absolute atomic E-state index is 0.169. The Labute approximate surface area is 131 Å². The number of carbonyl (C=O) groups is 1. The molecule has 1 saturated heterocycles. The van der Waals surface area contributed by atoms with E-state index >= 15 is 0 Å². The van der Waals surface area contributed by atoms with Gasteiger partial charge in [-0.3, -0.25) is 4.79 Å². The molecular weight excluding hydrogens is 282 g/mol. The summed E-state index contributed by atoms with van der Waals surface area (Å²) in [5.74, 6) is 0.924. The summed E-state index contributed by atoms with van der Waals surface area (Å²) in [6.07, 6.45) is 4.77. The van der Waals surface area contributed by atoms with Crippen molar-refractivity contribution in [3.05, 3.63) is 11.5 Å². The molecule has 0 bridgehead atoms. The number of amides is 1. The predicted octanol–water partition coefficient (Wildman–Crippen LogP) is 1.90. The highest BCUT2D eigenvalue weighted by atomic mass is 16.5. The number of aryl methyl sites for hydroxylation is 2. The van der Waals surface area contributed by atoms with Crippen LogP contribution in [-0.4, -0.2) is 54.9 Å². The van der Waals surface area contributed by atoms with Gasteiger partial charge in [0.1, 0.15) is 11.4 Å². The van der Waals surface area contributed by atoms with Gasteiger partial charge in [-0.25, -0.2) is 0 Å². The molecule has 0 spiro atoms. The van der Waals surface area contributed by atoms with Gasteiger partial charge >= 0.3 is 0 Å². The number of rotatable bonds is 3. The number of aromatic nitrogens is 1. The lowest BCUT2D eigenvalue weighted by atomic mass is 9.90. The van der Waals surface area contributed by atoms with Gasteiger partial charge in [0.25, 0.3) is 0 Å². The first kappa shape index (κ1) is 15.3. The zero-order chi connectivity index (χ0) is 15.7. The van der Waals surface area contributed by atoms with Crippen LogP contribution >= 0.6 is 0 Å². The van der Waals surface area contributed by atoms with E-state index in [9.17, 15) is 4.79 Å². The molecule has 6 nitrogen and oxygen atoms in total. The van der Waals surface area contributed by atoms with Crippen LogP contribution in [-0.2, 0) is 9.53 Å². The molecule has 0 N–H and O–H groups in total. The van der Waals surface area contributed by atoms with Crippen molar-refractivity contribution < 1.29 is 14.1 Å². The maximum Gasteiger partial charge on any atom is 0.242 e. The fraction of sp³-hybridized carbons (Fsp3) is 0.750. The van der Waals surface area contributed by atoms with Gasteiger partial charge < -0.3 is 19.1 Å². The van der Waals surface area contributed by atoms with Gasteiger partial charge in [-0.2, -0.15) is 0 Å². The summed E-state index contributed by atoms with van der Waals surface area (Å²) in [4.78, 5) is 16.7. The summed E-state index contributed by atoms with van der Waals surface area (Å²) in [7, 11) is 1.92. The summed E-state index contributed by atoms with van der Waals surface area (Å²) in [5.41, 5.74) is 1.74. The highest BCUT2D eigenvalue weighted by Gasteiger charge is 2.36. The highest BCUT2D eigenvalue weighted by molar-refractivity contribution is 5.82. The molecule has 1 amide bonds. The smallest absolute Gasteiger partial charge is 0.242 e. The molecule has 1 saturated carbocycles. The van der Waals surface area contributed by atoms with Crippen molar-refractivity contribution in [2.24, 2.45) is 0 Å². The second kappa shape index (κ2) is 6.28. The molecule has 6 heteroatoms. The molecule has 0 unspecified atom stereocenters. The van der Waals surface area contributed by atoms with Gasteiger partial charge in [-0.05, 0) is 26.7 Å². The van der Waals surface area contributed by atoms with Gasteiger partial charge in [-0.1, -0.05) is 18.0 Å². The van der Waals surface area contributed by atoms with Crippen molar-refractivity contribution in [2.75, 3.05) is 31.6 Å². The van der Waals surface area contributed by atoms with Crippen molar-refractivity contribution in [3.8, 4) is 0 Å². The van der Waals surface area contributed by atoms with Crippen LogP contribution in [0.3, 0.4) is 0 Å². The summed E-state index contributed by atoms with van der Waals surface area (Å²) in [5, 5.41) is 3.96. The molecule has 122 valence electrons. The normalized spacial score (nSPS) is 25.0. The first-order valence-corrected chi connectivity index (χ1v) is 8.13. The van der Waals surface area contributed by atoms with Crippen LogP contribution in [0.4, 0.5) is 5.69 Å². The van der Waals surface area contributed by atoms with Crippen molar-refractivity contribution in [1.82, 2.24) is 10.1 Å². The van der Waals surface area contributed by atoms with E-state index in [1.807, 2.05) is 30.7 Å². The first-order chi connectivity index (χ1) is 10.6. The lowest BCUT2D eigenvalue weighted by Gasteiger charge is -2.44. The van der Waals surface area contributed by atoms with E-state index in [0.29, 0.717) is 19.7 Å². The zero-order valence-electron chi connectivity index (χ0n) is 13.7. The number of morpholine rings is 1. The average Bonchev–Trinajstić information content (AvgIpc) is 2.85. The minimum atomic E-state index is 0.169. The van der Waals surface area contributed by atoms with Crippen molar-refractivity contribution in [3.63, 3.8) is 0 Å². The predicted molar refractivity (Wildman–Crippen MR) is 83.0 cm³/mol. The molecule has 22 heavy (non-hydrogen) atoms. The Morgan fingerprint density at radius 3 is 2.86 bits per heavy atom. The standard InChI is InChI=1S/C16H25N3O3/c1-11-16(12(2)22-17-11)18(3)10-15(20)19-8-9-21-14-7-5-4-6-13(14)19/h13-14H,4-10H2,1-3H3/t13-,14+/m1/s1. The molecule has 2 atom stereocenters. The molecule has 1 aromatic heterocycles. The van der Waals surface area contributed by atoms with Crippen molar-refractivity contribution in [2.45, 2.75) is 51.7 Å². The van der Waals surface area contributed by atoms with Gasteiger partial charge in [0.05, 0.1) is 25.3 Å². The molecule has 3 rings (SSSR count). The second-order valence-electron chi connectivity index (χ2n) is 6.38. The fourth-order valence-electron chi connectivity index (χ4n) is 3.80. The quantitative estimate of drug-likeness (QED) is 0.853. The average molecular weight is 307 g/mol. The van der Waals surface area contributed by atoms with Crippen LogP contribution in [0.2, 0.25) is 0 Å². The van der Waals surface area contributed by atoms with E-state index in [4.69, 9.17) is 9.26 Å². The molecule has 1 aromatic rings. The summed E-state index contributed by atoms with van der Waals surface area (Å²) in [6, 6.07) is 0.257. The number of fused-ring (bicyclic) bond motifs is 1. The summed E-state index contributed by atoms with van der Waals surface area (Å²) >= 11 is 0. The third kappa shape index (κ3) is 2.84. The Morgan fingerprint density at radius 1 is 1.36 bits per heavy atom. The number of carbonyl (C=O) groups excluding carboxylic acids is 1. The number of likely N-dealkylation sites (N-methyl/N-ethyl adjacent to an activating group) is 1. The van der Waals surface area contributed by atoms with Gasteiger partial charge in [-0.15, -0.1) is 0 Å². The fourth-order valence-corrected chi connectivity index (χ4v) is 3.80. The van der Waals surface area contributed by atoms with E-state index in [-0.39, 0.29) is 18.1 Å². The van der Waals surface area contributed by atoms with Crippen LogP contribution in [0.1, 0.15) is 37.1 Å². The highest BCUT2D eigenvalue weighted by Crippen LogP contribution is 2.29. The number of hydrogen-bond acceptors (Lipinski definition) is 5. The van der Waals surface area contributed by atoms with E-state index in [0.717, 1.165) is 30.0 Å². The Bertz CT molecular complexity index is 521. The molecular formula is C16H25N3O3. The molecule has 2 heterocycles. The number of nitrogens with zero attached hydrogens (tertiary/aromatic N) is 3. The van der Waals surface area contributed by atoms with Crippen LogP contribution in [0.15, 0.2) is 4.52 Å². The van der Waals surface area contributed by atoms with Crippen LogP contribution in [0.5, 0.6) is 0 Å². The molecule has 1 aliphatic carbocycles. The number of ether oxygens (including phenoxy) is 1. The largest absolute Gasteiger partial charge is 0.374 e. The monoisotopic (exact) mass is 307 g/mol. The topological polar surface area (TPSA) is 58.8 Å². The lowest BCUT2D eigenvalue weighted by molar-refractivity contribution is -0.148. The Morgan fingerprint density at radius 2 is 2.14 bits per heavy atom. The van der Waals surface area contributed by atoms with Crippen LogP contribution in [0.25, 0.3) is 0 Å². The Balaban J connectivity index is 1.68. The van der Waals surface area contributed by atoms with Crippen LogP contribution < -0.4 is 4.90 Å². The van der Waals surface area contributed by atoms with Gasteiger partial charge in [0.15, 0.2) is 5.76 Å². The van der Waals surface area contributed by atoms with Crippen molar-refractivity contribution >= 4 is 11.6 Å². The van der Waals surface area contributed by atoms with Gasteiger partial charge in [0, 0.05) is 13.6 Å². The van der Waals surface area contributed by atoms with Crippen molar-refractivity contribution in [1.29, 1.82) is 0 Å². The Kier molecular flexibility index (Phi) is 4.38. The summed E-state index contributed by atoms with van der Waals surface area (Å²) in [6.45, 7) is 5.49. The second-order valence-corrected chi connectivity index (χ2v) is 6.38. The maximum absolute atomic E-state index is 12.8. The number of anilines is 1. The molecule has 1 aliphatic heterocycles. The van der Waals surface area contributed by atoms with E-state index < -0.39 is 0 Å². The third-order valence-electron chi connectivity index (χ3n) is 4.80. The first-order valence-electron chi connectivity index (χ1n) is 8.13. The maximum atomic E-state index is 12.8. The molecule has 0 radical (unpaired) electrons. The third-order valence-corrected chi connectivity index (χ3v) is 4.80. The molecule has 2 fully saturated rings. The van der Waals surface area contributed by atoms with E-state index in [2.05, 4.69) is 5.16 Å². The SMILES string of the molecule is Cc1noc(C)c1N(C)CC(=O)N1CCO[C@H]2CCCC[C@H]21. The van der Waals surface area contributed by atoms with Gasteiger partial charge in [0.2, 0.25) is 5.91 Å². The molecule has 2 aliphatic rings. The number of hydrogen-bond donors (Lipinski definition) is 0. The lowest BCUT2D eigenvalue weighted by Crippen LogP contribution is -2.56. The van der Waals surface area contributed by atoms with E-state index in [1.165, 1.54) is 12.8 Å². The zero-order valence-corrected chi connectivity index (χ0v) is 13.7. The minimum Gasteiger partial charge on any atom is -0.374 e. The molecule has 0 aromatic carbocycles. The Hall–Kier alpha value is -1.56. The summed E-state index contributed by atoms with van der Waals surface area (Å²) < 4.78 is 11.0.